The van der Waals surface area contributed by atoms with Gasteiger partial charge in [0.25, 0.3) is 5.56 Å². The third-order valence-electron chi connectivity index (χ3n) is 5.63. The first-order chi connectivity index (χ1) is 17.6. The van der Waals surface area contributed by atoms with Crippen LogP contribution in [0.2, 0.25) is 5.02 Å². The number of pyridine rings is 1. The van der Waals surface area contributed by atoms with Crippen molar-refractivity contribution in [2.45, 2.75) is 33.0 Å². The number of methoxy groups -OCH3 is 1. The molecule has 0 bridgehead atoms. The molecule has 8 nitrogen and oxygen atoms in total. The van der Waals surface area contributed by atoms with Crippen LogP contribution in [0.4, 0.5) is 0 Å². The second kappa shape index (κ2) is 11.1. The number of hydrogen-bond donors (Lipinski definition) is 1. The third-order valence-corrected chi connectivity index (χ3v) is 5.87. The summed E-state index contributed by atoms with van der Waals surface area (Å²) < 4.78 is 6.85. The number of ether oxygens (including phenoxy) is 1. The normalized spacial score (nSPS) is 11.4. The van der Waals surface area contributed by atoms with Gasteiger partial charge in [0, 0.05) is 28.7 Å². The molecule has 2 heterocycles. The lowest BCUT2D eigenvalue weighted by Gasteiger charge is -2.16. The molecule has 0 unspecified atom stereocenters. The molecule has 0 atom stereocenters. The van der Waals surface area contributed by atoms with Gasteiger partial charge in [-0.05, 0) is 76.0 Å². The van der Waals surface area contributed by atoms with Gasteiger partial charge in [-0.2, -0.15) is 0 Å². The van der Waals surface area contributed by atoms with Crippen LogP contribution in [-0.4, -0.2) is 52.6 Å². The van der Waals surface area contributed by atoms with Crippen molar-refractivity contribution >= 4 is 28.5 Å². The van der Waals surface area contributed by atoms with E-state index in [-0.39, 0.29) is 24.0 Å². The third kappa shape index (κ3) is 6.15. The van der Waals surface area contributed by atoms with Gasteiger partial charge < -0.3 is 15.0 Å². The van der Waals surface area contributed by atoms with Crippen molar-refractivity contribution < 1.29 is 9.53 Å². The molecule has 0 saturated carbocycles. The number of benzene rings is 2. The number of fused-ring (bicyclic) bond motifs is 1. The zero-order chi connectivity index (χ0) is 26.7. The van der Waals surface area contributed by atoms with Gasteiger partial charge >= 0.3 is 0 Å². The van der Waals surface area contributed by atoms with Crippen molar-refractivity contribution in [1.82, 2.24) is 24.8 Å². The smallest absolute Gasteiger partial charge is 0.280 e. The molecule has 0 spiro atoms. The van der Waals surface area contributed by atoms with E-state index in [2.05, 4.69) is 10.2 Å². The Hall–Kier alpha value is -3.75. The maximum atomic E-state index is 13.8. The Bertz CT molecular complexity index is 1510. The number of nitrogens with zero attached hydrogens (tertiary/aromatic N) is 4. The highest BCUT2D eigenvalue weighted by atomic mass is 35.5. The van der Waals surface area contributed by atoms with Crippen LogP contribution in [0.1, 0.15) is 19.4 Å². The number of hydrogen-bond acceptors (Lipinski definition) is 6. The predicted molar refractivity (Wildman–Crippen MR) is 147 cm³/mol. The summed E-state index contributed by atoms with van der Waals surface area (Å²) in [5.41, 5.74) is 3.32. The van der Waals surface area contributed by atoms with E-state index in [1.54, 1.807) is 37.4 Å². The summed E-state index contributed by atoms with van der Waals surface area (Å²) in [7, 11) is 5.61. The average Bonchev–Trinajstić information content (AvgIpc) is 2.84. The monoisotopic (exact) mass is 519 g/mol. The number of aromatic nitrogens is 3. The second-order valence-electron chi connectivity index (χ2n) is 9.43. The van der Waals surface area contributed by atoms with Crippen molar-refractivity contribution in [2.75, 3.05) is 21.2 Å². The molecule has 0 aliphatic rings. The van der Waals surface area contributed by atoms with E-state index in [1.807, 2.05) is 52.2 Å². The van der Waals surface area contributed by atoms with E-state index < -0.39 is 5.56 Å². The first kappa shape index (κ1) is 26.3. The quantitative estimate of drug-likeness (QED) is 0.372. The van der Waals surface area contributed by atoms with E-state index >= 15 is 0 Å². The van der Waals surface area contributed by atoms with Crippen LogP contribution in [0.3, 0.4) is 0 Å². The van der Waals surface area contributed by atoms with Crippen molar-refractivity contribution in [3.8, 4) is 28.4 Å². The van der Waals surface area contributed by atoms with Crippen LogP contribution in [0.15, 0.2) is 59.4 Å². The van der Waals surface area contributed by atoms with Crippen LogP contribution in [-0.2, 0) is 17.9 Å². The first-order valence-electron chi connectivity index (χ1n) is 11.9. The fourth-order valence-electron chi connectivity index (χ4n) is 4.15. The molecule has 0 fully saturated rings. The van der Waals surface area contributed by atoms with Gasteiger partial charge in [-0.15, -0.1) is 0 Å². The van der Waals surface area contributed by atoms with Gasteiger partial charge in [0.05, 0.1) is 18.3 Å². The molecule has 9 heteroatoms. The zero-order valence-corrected chi connectivity index (χ0v) is 22.3. The predicted octanol–water partition coefficient (Wildman–Crippen LogP) is 4.37. The molecular formula is C28H30ClN5O3. The molecule has 2 aromatic heterocycles. The highest BCUT2D eigenvalue weighted by molar-refractivity contribution is 6.30. The van der Waals surface area contributed by atoms with E-state index in [0.29, 0.717) is 33.4 Å². The zero-order valence-electron chi connectivity index (χ0n) is 21.6. The molecule has 0 aliphatic carbocycles. The van der Waals surface area contributed by atoms with Crippen LogP contribution in [0.5, 0.6) is 5.75 Å². The lowest BCUT2D eigenvalue weighted by molar-refractivity contribution is -0.122. The molecule has 4 rings (SSSR count). The maximum Gasteiger partial charge on any atom is 0.280 e. The second-order valence-corrected chi connectivity index (χ2v) is 9.87. The summed E-state index contributed by atoms with van der Waals surface area (Å²) in [6.45, 7) is 4.26. The Morgan fingerprint density at radius 2 is 1.86 bits per heavy atom. The van der Waals surface area contributed by atoms with Crippen molar-refractivity contribution in [2.24, 2.45) is 0 Å². The molecule has 0 saturated heterocycles. The Balaban J connectivity index is 1.89. The van der Waals surface area contributed by atoms with Crippen LogP contribution in [0, 0.1) is 0 Å². The summed E-state index contributed by atoms with van der Waals surface area (Å²) in [4.78, 5) is 37.9. The van der Waals surface area contributed by atoms with Gasteiger partial charge in [0.2, 0.25) is 5.91 Å². The number of carbonyl (C=O) groups excluding carboxylic acids is 1. The number of rotatable bonds is 8. The number of amides is 1. The lowest BCUT2D eigenvalue weighted by atomic mass is 10.1. The molecule has 1 N–H and O–H groups in total. The summed E-state index contributed by atoms with van der Waals surface area (Å²) in [5, 5.41) is 3.34. The summed E-state index contributed by atoms with van der Waals surface area (Å²) in [6, 6.07) is 16.5. The van der Waals surface area contributed by atoms with Crippen molar-refractivity contribution in [1.29, 1.82) is 0 Å². The Kier molecular flexibility index (Phi) is 7.90. The standard InChI is InChI=1S/C28H30ClN5O3/c1-17(2)30-25(35)16-34-27(19-7-6-8-21(29)13-19)32-24-10-9-23(31-26(24)28(34)36)20-11-18(15-33(3)4)12-22(14-20)37-5/h6-14,17H,15-16H2,1-5H3,(H,30,35). The molecule has 0 radical (unpaired) electrons. The summed E-state index contributed by atoms with van der Waals surface area (Å²) >= 11 is 6.22. The Morgan fingerprint density at radius 3 is 2.54 bits per heavy atom. The van der Waals surface area contributed by atoms with E-state index in [9.17, 15) is 9.59 Å². The highest BCUT2D eigenvalue weighted by Crippen LogP contribution is 2.27. The van der Waals surface area contributed by atoms with Gasteiger partial charge in [0.1, 0.15) is 18.1 Å². The van der Waals surface area contributed by atoms with Crippen molar-refractivity contribution in [3.63, 3.8) is 0 Å². The molecule has 192 valence electrons. The van der Waals surface area contributed by atoms with E-state index in [4.69, 9.17) is 26.3 Å². The highest BCUT2D eigenvalue weighted by Gasteiger charge is 2.18. The molecule has 0 aliphatic heterocycles. The first-order valence-corrected chi connectivity index (χ1v) is 12.3. The number of carbonyl (C=O) groups is 1. The molecule has 37 heavy (non-hydrogen) atoms. The largest absolute Gasteiger partial charge is 0.497 e. The molecule has 2 aromatic carbocycles. The summed E-state index contributed by atoms with van der Waals surface area (Å²) in [6.07, 6.45) is 0. The fourth-order valence-corrected chi connectivity index (χ4v) is 4.34. The van der Waals surface area contributed by atoms with Crippen LogP contribution < -0.4 is 15.6 Å². The molecular weight excluding hydrogens is 490 g/mol. The Morgan fingerprint density at radius 1 is 1.08 bits per heavy atom. The lowest BCUT2D eigenvalue weighted by Crippen LogP contribution is -2.37. The topological polar surface area (TPSA) is 89.4 Å². The van der Waals surface area contributed by atoms with Crippen molar-refractivity contribution in [3.05, 3.63) is 75.5 Å². The van der Waals surface area contributed by atoms with Gasteiger partial charge in [-0.25, -0.2) is 9.97 Å². The van der Waals surface area contributed by atoms with Crippen LogP contribution >= 0.6 is 11.6 Å². The minimum atomic E-state index is -0.405. The Labute approximate surface area is 220 Å². The summed E-state index contributed by atoms with van der Waals surface area (Å²) in [5.74, 6) is 0.760. The SMILES string of the molecule is COc1cc(CN(C)C)cc(-c2ccc3nc(-c4cccc(Cl)c4)n(CC(=O)NC(C)C)c(=O)c3n2)c1. The maximum absolute atomic E-state index is 13.8. The van der Waals surface area contributed by atoms with E-state index in [1.165, 1.54) is 4.57 Å². The minimum absolute atomic E-state index is 0.0691. The molecule has 1 amide bonds. The number of halogens is 1. The fraction of sp³-hybridized carbons (Fsp3) is 0.286. The van der Waals surface area contributed by atoms with Gasteiger partial charge in [-0.3, -0.25) is 14.2 Å². The van der Waals surface area contributed by atoms with Gasteiger partial charge in [-0.1, -0.05) is 23.7 Å². The molecule has 4 aromatic rings. The van der Waals surface area contributed by atoms with Crippen LogP contribution in [0.25, 0.3) is 33.7 Å². The van der Waals surface area contributed by atoms with Gasteiger partial charge in [0.15, 0.2) is 5.52 Å². The number of nitrogens with one attached hydrogen (secondary N) is 1. The van der Waals surface area contributed by atoms with E-state index in [0.717, 1.165) is 17.7 Å². The minimum Gasteiger partial charge on any atom is -0.497 e. The average molecular weight is 520 g/mol.